The Bertz CT molecular complexity index is 846. The third-order valence-electron chi connectivity index (χ3n) is 3.54. The van der Waals surface area contributed by atoms with E-state index in [4.69, 9.17) is 23.2 Å². The SMILES string of the molecule is O=C(NCc1ccc(Cl)cc1Cl)c1cnn(Cc2ccccc2)c1. The fourth-order valence-corrected chi connectivity index (χ4v) is 2.76. The summed E-state index contributed by atoms with van der Waals surface area (Å²) in [5.41, 5.74) is 2.45. The van der Waals surface area contributed by atoms with Gasteiger partial charge in [-0.25, -0.2) is 0 Å². The predicted molar refractivity (Wildman–Crippen MR) is 95.4 cm³/mol. The molecule has 0 saturated carbocycles. The van der Waals surface area contributed by atoms with Crippen LogP contribution in [0.4, 0.5) is 0 Å². The van der Waals surface area contributed by atoms with Crippen LogP contribution in [0, 0.1) is 0 Å². The van der Waals surface area contributed by atoms with E-state index in [1.807, 2.05) is 30.3 Å². The Balaban J connectivity index is 1.61. The Kier molecular flexibility index (Phi) is 5.18. The zero-order valence-electron chi connectivity index (χ0n) is 12.7. The molecule has 1 heterocycles. The van der Waals surface area contributed by atoms with Gasteiger partial charge in [0.1, 0.15) is 0 Å². The maximum atomic E-state index is 12.2. The van der Waals surface area contributed by atoms with Gasteiger partial charge in [0.2, 0.25) is 0 Å². The molecule has 1 aromatic heterocycles. The average molecular weight is 360 g/mol. The lowest BCUT2D eigenvalue weighted by Crippen LogP contribution is -2.22. The van der Waals surface area contributed by atoms with Crippen LogP contribution in [0.1, 0.15) is 21.5 Å². The maximum absolute atomic E-state index is 12.2. The number of aromatic nitrogens is 2. The third-order valence-corrected chi connectivity index (χ3v) is 4.12. The van der Waals surface area contributed by atoms with Crippen LogP contribution in [-0.2, 0) is 13.1 Å². The molecule has 24 heavy (non-hydrogen) atoms. The molecule has 3 rings (SSSR count). The third kappa shape index (κ3) is 4.16. The van der Waals surface area contributed by atoms with Crippen LogP contribution in [0.2, 0.25) is 10.0 Å². The number of nitrogens with one attached hydrogen (secondary N) is 1. The van der Waals surface area contributed by atoms with E-state index in [0.29, 0.717) is 28.7 Å². The van der Waals surface area contributed by atoms with E-state index in [0.717, 1.165) is 11.1 Å². The Morgan fingerprint density at radius 3 is 2.67 bits per heavy atom. The molecule has 1 amide bonds. The van der Waals surface area contributed by atoms with Gasteiger partial charge < -0.3 is 5.32 Å². The molecule has 0 atom stereocenters. The van der Waals surface area contributed by atoms with Crippen LogP contribution in [0.5, 0.6) is 0 Å². The minimum Gasteiger partial charge on any atom is -0.348 e. The van der Waals surface area contributed by atoms with Crippen molar-refractivity contribution in [3.8, 4) is 0 Å². The van der Waals surface area contributed by atoms with Crippen LogP contribution in [-0.4, -0.2) is 15.7 Å². The molecular formula is C18H15Cl2N3O. The van der Waals surface area contributed by atoms with E-state index in [-0.39, 0.29) is 5.91 Å². The van der Waals surface area contributed by atoms with Crippen LogP contribution in [0.15, 0.2) is 60.9 Å². The normalized spacial score (nSPS) is 10.6. The number of amides is 1. The molecule has 1 N–H and O–H groups in total. The molecule has 0 radical (unpaired) electrons. The van der Waals surface area contributed by atoms with Gasteiger partial charge in [-0.3, -0.25) is 9.48 Å². The van der Waals surface area contributed by atoms with Gasteiger partial charge in [-0.2, -0.15) is 5.10 Å². The smallest absolute Gasteiger partial charge is 0.254 e. The molecule has 0 unspecified atom stereocenters. The molecular weight excluding hydrogens is 345 g/mol. The first-order chi connectivity index (χ1) is 11.6. The van der Waals surface area contributed by atoms with Crippen molar-refractivity contribution >= 4 is 29.1 Å². The highest BCUT2D eigenvalue weighted by molar-refractivity contribution is 6.35. The van der Waals surface area contributed by atoms with Crippen LogP contribution in [0.3, 0.4) is 0 Å². The monoisotopic (exact) mass is 359 g/mol. The van der Waals surface area contributed by atoms with Crippen molar-refractivity contribution in [2.45, 2.75) is 13.1 Å². The van der Waals surface area contributed by atoms with Crippen molar-refractivity contribution in [3.05, 3.63) is 87.7 Å². The predicted octanol–water partition coefficient (Wildman–Crippen LogP) is 4.17. The van der Waals surface area contributed by atoms with Crippen molar-refractivity contribution < 1.29 is 4.79 Å². The van der Waals surface area contributed by atoms with E-state index < -0.39 is 0 Å². The Morgan fingerprint density at radius 1 is 1.12 bits per heavy atom. The van der Waals surface area contributed by atoms with Gasteiger partial charge in [0.25, 0.3) is 5.91 Å². The molecule has 3 aromatic rings. The molecule has 0 bridgehead atoms. The van der Waals surface area contributed by atoms with Crippen molar-refractivity contribution in [1.82, 2.24) is 15.1 Å². The molecule has 0 spiro atoms. The number of halogens is 2. The fourth-order valence-electron chi connectivity index (χ4n) is 2.28. The second-order valence-electron chi connectivity index (χ2n) is 5.33. The Hall–Kier alpha value is -2.30. The van der Waals surface area contributed by atoms with Crippen molar-refractivity contribution in [2.75, 3.05) is 0 Å². The summed E-state index contributed by atoms with van der Waals surface area (Å²) in [6, 6.07) is 15.1. The van der Waals surface area contributed by atoms with Gasteiger partial charge in [-0.1, -0.05) is 59.6 Å². The molecule has 0 aliphatic rings. The molecule has 0 saturated heterocycles. The topological polar surface area (TPSA) is 46.9 Å². The summed E-state index contributed by atoms with van der Waals surface area (Å²) >= 11 is 12.0. The molecule has 0 aliphatic carbocycles. The first-order valence-electron chi connectivity index (χ1n) is 7.40. The number of benzene rings is 2. The summed E-state index contributed by atoms with van der Waals surface area (Å²) < 4.78 is 1.74. The van der Waals surface area contributed by atoms with Gasteiger partial charge in [-0.15, -0.1) is 0 Å². The summed E-state index contributed by atoms with van der Waals surface area (Å²) in [7, 11) is 0. The largest absolute Gasteiger partial charge is 0.348 e. The summed E-state index contributed by atoms with van der Waals surface area (Å²) in [5.74, 6) is -0.194. The van der Waals surface area contributed by atoms with Gasteiger partial charge in [0, 0.05) is 22.8 Å². The van der Waals surface area contributed by atoms with Crippen LogP contribution in [0.25, 0.3) is 0 Å². The van der Waals surface area contributed by atoms with E-state index in [2.05, 4.69) is 10.4 Å². The minimum atomic E-state index is -0.194. The van der Waals surface area contributed by atoms with Crippen molar-refractivity contribution in [1.29, 1.82) is 0 Å². The van der Waals surface area contributed by atoms with Crippen molar-refractivity contribution in [3.63, 3.8) is 0 Å². The minimum absolute atomic E-state index is 0.194. The summed E-state index contributed by atoms with van der Waals surface area (Å²) in [6.07, 6.45) is 3.29. The lowest BCUT2D eigenvalue weighted by atomic mass is 10.2. The molecule has 6 heteroatoms. The first-order valence-corrected chi connectivity index (χ1v) is 8.16. The average Bonchev–Trinajstić information content (AvgIpc) is 3.03. The highest BCUT2D eigenvalue weighted by atomic mass is 35.5. The summed E-state index contributed by atoms with van der Waals surface area (Å²) in [6.45, 7) is 0.954. The number of nitrogens with zero attached hydrogens (tertiary/aromatic N) is 2. The number of rotatable bonds is 5. The van der Waals surface area contributed by atoms with Gasteiger partial charge >= 0.3 is 0 Å². The molecule has 122 valence electrons. The molecule has 2 aromatic carbocycles. The lowest BCUT2D eigenvalue weighted by Gasteiger charge is -2.06. The lowest BCUT2D eigenvalue weighted by molar-refractivity contribution is 0.0951. The quantitative estimate of drug-likeness (QED) is 0.742. The van der Waals surface area contributed by atoms with Crippen LogP contribution >= 0.6 is 23.2 Å². The number of hydrogen-bond donors (Lipinski definition) is 1. The molecule has 0 aliphatic heterocycles. The van der Waals surface area contributed by atoms with Crippen molar-refractivity contribution in [2.24, 2.45) is 0 Å². The van der Waals surface area contributed by atoms with Crippen LogP contribution < -0.4 is 5.32 Å². The number of hydrogen-bond acceptors (Lipinski definition) is 2. The van der Waals surface area contributed by atoms with E-state index in [1.165, 1.54) is 0 Å². The highest BCUT2D eigenvalue weighted by Crippen LogP contribution is 2.20. The standard InChI is InChI=1S/C18H15Cl2N3O/c19-16-7-6-14(17(20)8-16)9-21-18(24)15-10-22-23(12-15)11-13-4-2-1-3-5-13/h1-8,10,12H,9,11H2,(H,21,24). The van der Waals surface area contributed by atoms with Gasteiger partial charge in [0.15, 0.2) is 0 Å². The Labute approximate surface area is 150 Å². The fraction of sp³-hybridized carbons (Fsp3) is 0.111. The van der Waals surface area contributed by atoms with E-state index >= 15 is 0 Å². The highest BCUT2D eigenvalue weighted by Gasteiger charge is 2.10. The zero-order valence-corrected chi connectivity index (χ0v) is 14.3. The zero-order chi connectivity index (χ0) is 16.9. The second kappa shape index (κ2) is 7.51. The second-order valence-corrected chi connectivity index (χ2v) is 6.17. The molecule has 0 fully saturated rings. The summed E-state index contributed by atoms with van der Waals surface area (Å²) in [4.78, 5) is 12.2. The maximum Gasteiger partial charge on any atom is 0.254 e. The number of carbonyl (C=O) groups is 1. The summed E-state index contributed by atoms with van der Waals surface area (Å²) in [5, 5.41) is 8.16. The van der Waals surface area contributed by atoms with E-state index in [9.17, 15) is 4.79 Å². The van der Waals surface area contributed by atoms with Gasteiger partial charge in [-0.05, 0) is 23.3 Å². The number of carbonyl (C=O) groups excluding carboxylic acids is 1. The molecule has 4 nitrogen and oxygen atoms in total. The Morgan fingerprint density at radius 2 is 1.92 bits per heavy atom. The van der Waals surface area contributed by atoms with Gasteiger partial charge in [0.05, 0.1) is 18.3 Å². The van der Waals surface area contributed by atoms with E-state index in [1.54, 1.807) is 35.3 Å². The first kappa shape index (κ1) is 16.6.